The van der Waals surface area contributed by atoms with Crippen molar-refractivity contribution in [3.8, 4) is 22.5 Å². The molecule has 1 heterocycles. The lowest BCUT2D eigenvalue weighted by atomic mass is 9.99. The number of fused-ring (bicyclic) bond motifs is 1. The van der Waals surface area contributed by atoms with Gasteiger partial charge in [-0.25, -0.2) is 4.39 Å². The first-order chi connectivity index (χ1) is 17.9. The number of benzene rings is 4. The Balaban J connectivity index is 1.47. The highest BCUT2D eigenvalue weighted by molar-refractivity contribution is 6.11. The maximum Gasteiger partial charge on any atom is 0.255 e. The molecule has 0 aliphatic heterocycles. The number of hydrogen-bond donors (Lipinski definition) is 2. The fourth-order valence-corrected chi connectivity index (χ4v) is 4.26. The fourth-order valence-electron chi connectivity index (χ4n) is 4.26. The number of amides is 2. The van der Waals surface area contributed by atoms with Gasteiger partial charge >= 0.3 is 0 Å². The van der Waals surface area contributed by atoms with Crippen molar-refractivity contribution in [1.82, 2.24) is 10.6 Å². The monoisotopic (exact) mass is 492 g/mol. The molecule has 0 radical (unpaired) electrons. The lowest BCUT2D eigenvalue weighted by Gasteiger charge is -2.08. The van der Waals surface area contributed by atoms with E-state index in [0.717, 1.165) is 16.7 Å². The summed E-state index contributed by atoms with van der Waals surface area (Å²) in [6, 6.07) is 26.8. The van der Waals surface area contributed by atoms with E-state index in [1.807, 2.05) is 61.5 Å². The van der Waals surface area contributed by atoms with Crippen molar-refractivity contribution in [2.45, 2.75) is 13.5 Å². The third-order valence-corrected chi connectivity index (χ3v) is 6.28. The second kappa shape index (κ2) is 10.1. The molecule has 0 saturated heterocycles. The molecule has 5 nitrogen and oxygen atoms in total. The van der Waals surface area contributed by atoms with Crippen LogP contribution in [-0.2, 0) is 6.54 Å². The number of hydrogen-bond acceptors (Lipinski definition) is 3. The molecule has 5 rings (SSSR count). The molecule has 4 aromatic carbocycles. The molecule has 0 unspecified atom stereocenters. The molecule has 1 aromatic heterocycles. The van der Waals surface area contributed by atoms with Gasteiger partial charge in [0.1, 0.15) is 17.2 Å². The summed E-state index contributed by atoms with van der Waals surface area (Å²) in [4.78, 5) is 25.7. The number of halogens is 1. The van der Waals surface area contributed by atoms with E-state index in [1.165, 1.54) is 17.7 Å². The Hall–Kier alpha value is -4.71. The SMILES string of the molecule is CNC(=O)c1c(-c2ccc(F)cc2)oc2ccc(-c3cccc(C(=O)NCc4ccc(C)cc4)c3)cc12. The van der Waals surface area contributed by atoms with E-state index in [1.54, 1.807) is 31.3 Å². The first-order valence-corrected chi connectivity index (χ1v) is 11.9. The summed E-state index contributed by atoms with van der Waals surface area (Å²) in [5.74, 6) is -0.474. The summed E-state index contributed by atoms with van der Waals surface area (Å²) in [5, 5.41) is 6.27. The van der Waals surface area contributed by atoms with Crippen LogP contribution >= 0.6 is 0 Å². The van der Waals surface area contributed by atoms with Crippen LogP contribution in [0.1, 0.15) is 31.8 Å². The quantitative estimate of drug-likeness (QED) is 0.284. The molecular weight excluding hydrogens is 467 g/mol. The van der Waals surface area contributed by atoms with Gasteiger partial charge in [-0.05, 0) is 72.1 Å². The molecule has 6 heteroatoms. The zero-order valence-electron chi connectivity index (χ0n) is 20.5. The van der Waals surface area contributed by atoms with E-state index in [4.69, 9.17) is 4.42 Å². The van der Waals surface area contributed by atoms with Gasteiger partial charge in [-0.2, -0.15) is 0 Å². The van der Waals surface area contributed by atoms with E-state index < -0.39 is 0 Å². The van der Waals surface area contributed by atoms with Crippen LogP contribution in [0.2, 0.25) is 0 Å². The summed E-state index contributed by atoms with van der Waals surface area (Å²) in [7, 11) is 1.55. The topological polar surface area (TPSA) is 71.3 Å². The lowest BCUT2D eigenvalue weighted by molar-refractivity contribution is 0.0947. The van der Waals surface area contributed by atoms with Gasteiger partial charge in [0.05, 0.1) is 5.56 Å². The maximum absolute atomic E-state index is 13.5. The van der Waals surface area contributed by atoms with E-state index in [-0.39, 0.29) is 17.6 Å². The van der Waals surface area contributed by atoms with Crippen molar-refractivity contribution in [3.05, 3.63) is 119 Å². The summed E-state index contributed by atoms with van der Waals surface area (Å²) in [5.41, 5.74) is 5.91. The van der Waals surface area contributed by atoms with Crippen LogP contribution in [0.25, 0.3) is 33.4 Å². The molecule has 2 amide bonds. The predicted molar refractivity (Wildman–Crippen MR) is 143 cm³/mol. The van der Waals surface area contributed by atoms with Gasteiger partial charge in [0.25, 0.3) is 11.8 Å². The smallest absolute Gasteiger partial charge is 0.255 e. The van der Waals surface area contributed by atoms with Crippen molar-refractivity contribution in [2.75, 3.05) is 7.05 Å². The van der Waals surface area contributed by atoms with Gasteiger partial charge in [0.2, 0.25) is 0 Å². The standard InChI is InChI=1S/C31H25FN2O3/c1-19-6-8-20(9-7-19)18-34-30(35)24-5-3-4-22(16-24)23-12-15-27-26(17-23)28(31(36)33-2)29(37-27)21-10-13-25(32)14-11-21/h3-17H,18H2,1-2H3,(H,33,36)(H,34,35). The Bertz CT molecular complexity index is 1600. The minimum Gasteiger partial charge on any atom is -0.455 e. The first kappa shape index (κ1) is 24.0. The number of furan rings is 1. The summed E-state index contributed by atoms with van der Waals surface area (Å²) in [6.45, 7) is 2.46. The van der Waals surface area contributed by atoms with Gasteiger partial charge in [0, 0.05) is 30.1 Å². The average molecular weight is 493 g/mol. The summed E-state index contributed by atoms with van der Waals surface area (Å²) >= 11 is 0. The van der Waals surface area contributed by atoms with Crippen LogP contribution in [0.5, 0.6) is 0 Å². The van der Waals surface area contributed by atoms with Gasteiger partial charge in [-0.1, -0.05) is 48.0 Å². The zero-order chi connectivity index (χ0) is 25.9. The maximum atomic E-state index is 13.5. The van der Waals surface area contributed by atoms with Gasteiger partial charge in [0.15, 0.2) is 0 Å². The second-order valence-electron chi connectivity index (χ2n) is 8.85. The highest BCUT2D eigenvalue weighted by Crippen LogP contribution is 2.36. The molecule has 0 bridgehead atoms. The second-order valence-corrected chi connectivity index (χ2v) is 8.85. The molecule has 0 saturated carbocycles. The summed E-state index contributed by atoms with van der Waals surface area (Å²) in [6.07, 6.45) is 0. The fraction of sp³-hybridized carbons (Fsp3) is 0.0968. The van der Waals surface area contributed by atoms with Crippen LogP contribution in [0.4, 0.5) is 4.39 Å². The van der Waals surface area contributed by atoms with Gasteiger partial charge in [-0.15, -0.1) is 0 Å². The number of nitrogens with one attached hydrogen (secondary N) is 2. The molecule has 5 aromatic rings. The molecule has 0 aliphatic carbocycles. The minimum atomic E-state index is -0.369. The molecule has 37 heavy (non-hydrogen) atoms. The van der Waals surface area contributed by atoms with E-state index >= 15 is 0 Å². The van der Waals surface area contributed by atoms with Crippen LogP contribution in [0.3, 0.4) is 0 Å². The van der Waals surface area contributed by atoms with E-state index in [2.05, 4.69) is 10.6 Å². The molecule has 184 valence electrons. The number of carbonyl (C=O) groups is 2. The van der Waals surface area contributed by atoms with Gasteiger partial charge < -0.3 is 15.1 Å². The van der Waals surface area contributed by atoms with Crippen molar-refractivity contribution < 1.29 is 18.4 Å². The third-order valence-electron chi connectivity index (χ3n) is 6.28. The highest BCUT2D eigenvalue weighted by Gasteiger charge is 2.22. The Kier molecular flexibility index (Phi) is 6.56. The number of rotatable bonds is 6. The summed E-state index contributed by atoms with van der Waals surface area (Å²) < 4.78 is 19.5. The highest BCUT2D eigenvalue weighted by atomic mass is 19.1. The Morgan fingerprint density at radius 3 is 2.24 bits per heavy atom. The van der Waals surface area contributed by atoms with Crippen molar-refractivity contribution >= 4 is 22.8 Å². The zero-order valence-corrected chi connectivity index (χ0v) is 20.5. The van der Waals surface area contributed by atoms with E-state index in [9.17, 15) is 14.0 Å². The number of aryl methyl sites for hydroxylation is 1. The van der Waals surface area contributed by atoms with Crippen molar-refractivity contribution in [3.63, 3.8) is 0 Å². The predicted octanol–water partition coefficient (Wildman–Crippen LogP) is 6.50. The largest absolute Gasteiger partial charge is 0.455 e. The normalized spacial score (nSPS) is 10.9. The van der Waals surface area contributed by atoms with Crippen molar-refractivity contribution in [2.24, 2.45) is 0 Å². The Labute approximate surface area is 213 Å². The molecule has 0 atom stereocenters. The molecule has 2 N–H and O–H groups in total. The number of carbonyl (C=O) groups excluding carboxylic acids is 2. The average Bonchev–Trinajstić information content (AvgIpc) is 3.31. The minimum absolute atomic E-state index is 0.170. The molecule has 0 fully saturated rings. The first-order valence-electron chi connectivity index (χ1n) is 11.9. The van der Waals surface area contributed by atoms with Crippen LogP contribution in [0.15, 0.2) is 95.4 Å². The van der Waals surface area contributed by atoms with Crippen LogP contribution < -0.4 is 10.6 Å². The third kappa shape index (κ3) is 5.00. The van der Waals surface area contributed by atoms with Crippen LogP contribution in [0, 0.1) is 12.7 Å². The van der Waals surface area contributed by atoms with Crippen LogP contribution in [-0.4, -0.2) is 18.9 Å². The molecular formula is C31H25FN2O3. The molecule has 0 aliphatic rings. The Morgan fingerprint density at radius 2 is 1.51 bits per heavy atom. The lowest BCUT2D eigenvalue weighted by Crippen LogP contribution is -2.22. The van der Waals surface area contributed by atoms with Crippen molar-refractivity contribution in [1.29, 1.82) is 0 Å². The van der Waals surface area contributed by atoms with E-state index in [0.29, 0.717) is 40.0 Å². The molecule has 0 spiro atoms. The van der Waals surface area contributed by atoms with Gasteiger partial charge in [-0.3, -0.25) is 9.59 Å². The Morgan fingerprint density at radius 1 is 0.811 bits per heavy atom.